The largest absolute Gasteiger partial charge is 0.321 e. The molecule has 0 spiro atoms. The van der Waals surface area contributed by atoms with E-state index in [4.69, 9.17) is 0 Å². The summed E-state index contributed by atoms with van der Waals surface area (Å²) in [5, 5.41) is 7.05. The predicted molar refractivity (Wildman–Crippen MR) is 87.4 cm³/mol. The summed E-state index contributed by atoms with van der Waals surface area (Å²) < 4.78 is 14.5. The maximum absolute atomic E-state index is 12.9. The minimum Gasteiger partial charge on any atom is -0.321 e. The predicted octanol–water partition coefficient (Wildman–Crippen LogP) is 3.88. The number of anilines is 1. The Hall–Kier alpha value is -2.95. The third-order valence-electron chi connectivity index (χ3n) is 3.68. The van der Waals surface area contributed by atoms with Crippen molar-refractivity contribution in [1.29, 1.82) is 0 Å². The average Bonchev–Trinajstić information content (AvgIpc) is 3.02. The number of amides is 1. The first-order valence-electron chi connectivity index (χ1n) is 7.23. The van der Waals surface area contributed by atoms with Crippen molar-refractivity contribution in [2.24, 2.45) is 0 Å². The van der Waals surface area contributed by atoms with Crippen molar-refractivity contribution >= 4 is 11.6 Å². The fraction of sp³-hybridized carbons (Fsp3) is 0.111. The van der Waals surface area contributed by atoms with Gasteiger partial charge in [-0.1, -0.05) is 6.07 Å². The van der Waals surface area contributed by atoms with Crippen LogP contribution in [0, 0.1) is 19.7 Å². The van der Waals surface area contributed by atoms with Crippen LogP contribution in [-0.4, -0.2) is 15.7 Å². The highest BCUT2D eigenvalue weighted by atomic mass is 19.1. The molecular formula is C18H16FN3O. The third kappa shape index (κ3) is 3.29. The Bertz CT molecular complexity index is 853. The van der Waals surface area contributed by atoms with E-state index in [0.29, 0.717) is 11.4 Å². The molecule has 23 heavy (non-hydrogen) atoms. The maximum Gasteiger partial charge on any atom is 0.276 e. The van der Waals surface area contributed by atoms with E-state index in [-0.39, 0.29) is 11.7 Å². The molecule has 2 aromatic carbocycles. The highest BCUT2D eigenvalue weighted by Gasteiger charge is 2.11. The fourth-order valence-corrected chi connectivity index (χ4v) is 2.20. The van der Waals surface area contributed by atoms with Crippen LogP contribution in [0.3, 0.4) is 0 Å². The molecule has 1 aromatic heterocycles. The van der Waals surface area contributed by atoms with Crippen LogP contribution in [0.4, 0.5) is 10.1 Å². The molecule has 3 aromatic rings. The second-order valence-electron chi connectivity index (χ2n) is 5.38. The maximum atomic E-state index is 12.9. The van der Waals surface area contributed by atoms with Crippen LogP contribution in [0.5, 0.6) is 0 Å². The molecule has 0 bridgehead atoms. The number of carbonyl (C=O) groups excluding carboxylic acids is 1. The van der Waals surface area contributed by atoms with Crippen molar-refractivity contribution in [1.82, 2.24) is 9.78 Å². The molecule has 4 nitrogen and oxygen atoms in total. The summed E-state index contributed by atoms with van der Waals surface area (Å²) >= 11 is 0. The molecule has 5 heteroatoms. The summed E-state index contributed by atoms with van der Waals surface area (Å²) in [6.07, 6.45) is 1.67. The van der Waals surface area contributed by atoms with Crippen LogP contribution >= 0.6 is 0 Å². The number of hydrogen-bond acceptors (Lipinski definition) is 2. The summed E-state index contributed by atoms with van der Waals surface area (Å²) in [4.78, 5) is 12.3. The smallest absolute Gasteiger partial charge is 0.276 e. The van der Waals surface area contributed by atoms with E-state index in [1.165, 1.54) is 22.4 Å². The average molecular weight is 309 g/mol. The third-order valence-corrected chi connectivity index (χ3v) is 3.68. The normalized spacial score (nSPS) is 10.6. The topological polar surface area (TPSA) is 46.9 Å². The van der Waals surface area contributed by atoms with Gasteiger partial charge in [0.25, 0.3) is 5.91 Å². The van der Waals surface area contributed by atoms with E-state index in [1.54, 1.807) is 24.4 Å². The number of nitrogens with zero attached hydrogens (tertiary/aromatic N) is 2. The molecule has 0 unspecified atom stereocenters. The standard InChI is InChI=1S/C18H16FN3O/c1-12-3-6-15(11-13(12)2)20-18(23)17-9-10-22(21-17)16-7-4-14(19)5-8-16/h3-11H,1-2H3,(H,20,23). The monoisotopic (exact) mass is 309 g/mol. The minimum absolute atomic E-state index is 0.283. The fourth-order valence-electron chi connectivity index (χ4n) is 2.20. The van der Waals surface area contributed by atoms with Gasteiger partial charge >= 0.3 is 0 Å². The van der Waals surface area contributed by atoms with Gasteiger partial charge < -0.3 is 5.32 Å². The van der Waals surface area contributed by atoms with Gasteiger partial charge in [0.15, 0.2) is 5.69 Å². The van der Waals surface area contributed by atoms with Crippen molar-refractivity contribution in [2.75, 3.05) is 5.32 Å². The van der Waals surface area contributed by atoms with Gasteiger partial charge in [-0.05, 0) is 67.4 Å². The molecule has 1 heterocycles. The number of carbonyl (C=O) groups is 1. The molecule has 0 atom stereocenters. The Balaban J connectivity index is 1.78. The van der Waals surface area contributed by atoms with Gasteiger partial charge in [0, 0.05) is 11.9 Å². The Morgan fingerprint density at radius 3 is 2.48 bits per heavy atom. The second-order valence-corrected chi connectivity index (χ2v) is 5.38. The molecule has 0 aliphatic carbocycles. The molecule has 3 rings (SSSR count). The van der Waals surface area contributed by atoms with E-state index < -0.39 is 0 Å². The van der Waals surface area contributed by atoms with Gasteiger partial charge in [0.1, 0.15) is 5.82 Å². The van der Waals surface area contributed by atoms with Gasteiger partial charge in [0.05, 0.1) is 5.69 Å². The van der Waals surface area contributed by atoms with Gasteiger partial charge in [-0.2, -0.15) is 5.10 Å². The number of aromatic nitrogens is 2. The van der Waals surface area contributed by atoms with E-state index in [2.05, 4.69) is 10.4 Å². The number of nitrogens with one attached hydrogen (secondary N) is 1. The first-order valence-corrected chi connectivity index (χ1v) is 7.23. The number of benzene rings is 2. The molecule has 1 amide bonds. The van der Waals surface area contributed by atoms with Crippen LogP contribution in [0.15, 0.2) is 54.7 Å². The summed E-state index contributed by atoms with van der Waals surface area (Å²) in [7, 11) is 0. The number of halogens is 1. The van der Waals surface area contributed by atoms with E-state index in [9.17, 15) is 9.18 Å². The quantitative estimate of drug-likeness (QED) is 0.798. The summed E-state index contributed by atoms with van der Waals surface area (Å²) in [6.45, 7) is 4.01. The van der Waals surface area contributed by atoms with Crippen molar-refractivity contribution in [3.63, 3.8) is 0 Å². The zero-order chi connectivity index (χ0) is 16.4. The molecular weight excluding hydrogens is 293 g/mol. The molecule has 0 aliphatic heterocycles. The van der Waals surface area contributed by atoms with Crippen LogP contribution in [0.2, 0.25) is 0 Å². The highest BCUT2D eigenvalue weighted by molar-refractivity contribution is 6.02. The first-order chi connectivity index (χ1) is 11.0. The lowest BCUT2D eigenvalue weighted by Crippen LogP contribution is -2.13. The van der Waals surface area contributed by atoms with Gasteiger partial charge in [-0.3, -0.25) is 4.79 Å². The molecule has 1 N–H and O–H groups in total. The van der Waals surface area contributed by atoms with Crippen molar-refractivity contribution in [2.45, 2.75) is 13.8 Å². The minimum atomic E-state index is -0.311. The van der Waals surface area contributed by atoms with Gasteiger partial charge in [-0.15, -0.1) is 0 Å². The van der Waals surface area contributed by atoms with E-state index in [1.807, 2.05) is 32.0 Å². The van der Waals surface area contributed by atoms with Crippen LogP contribution in [0.1, 0.15) is 21.6 Å². The lowest BCUT2D eigenvalue weighted by atomic mass is 10.1. The Morgan fingerprint density at radius 1 is 1.04 bits per heavy atom. The first kappa shape index (κ1) is 15.0. The number of rotatable bonds is 3. The number of aryl methyl sites for hydroxylation is 2. The van der Waals surface area contributed by atoms with Crippen molar-refractivity contribution in [3.05, 3.63) is 77.4 Å². The second kappa shape index (κ2) is 6.04. The number of hydrogen-bond donors (Lipinski definition) is 1. The molecule has 0 radical (unpaired) electrons. The Morgan fingerprint density at radius 2 is 1.78 bits per heavy atom. The van der Waals surface area contributed by atoms with E-state index in [0.717, 1.165) is 11.3 Å². The molecule has 116 valence electrons. The van der Waals surface area contributed by atoms with E-state index >= 15 is 0 Å². The highest BCUT2D eigenvalue weighted by Crippen LogP contribution is 2.15. The summed E-state index contributed by atoms with van der Waals surface area (Å²) in [5.74, 6) is -0.595. The van der Waals surface area contributed by atoms with Crippen LogP contribution in [0.25, 0.3) is 5.69 Å². The van der Waals surface area contributed by atoms with Gasteiger partial charge in [0.2, 0.25) is 0 Å². The zero-order valence-corrected chi connectivity index (χ0v) is 12.9. The summed E-state index contributed by atoms with van der Waals surface area (Å²) in [5.41, 5.74) is 4.00. The molecule has 0 fully saturated rings. The summed E-state index contributed by atoms with van der Waals surface area (Å²) in [6, 6.07) is 13.3. The molecule has 0 aliphatic rings. The molecule has 0 saturated heterocycles. The van der Waals surface area contributed by atoms with Crippen LogP contribution < -0.4 is 5.32 Å². The van der Waals surface area contributed by atoms with Gasteiger partial charge in [-0.25, -0.2) is 9.07 Å². The Labute approximate surface area is 133 Å². The Kier molecular flexibility index (Phi) is 3.93. The molecule has 0 saturated carbocycles. The zero-order valence-electron chi connectivity index (χ0n) is 12.9. The van der Waals surface area contributed by atoms with Crippen molar-refractivity contribution in [3.8, 4) is 5.69 Å². The van der Waals surface area contributed by atoms with Crippen molar-refractivity contribution < 1.29 is 9.18 Å². The van der Waals surface area contributed by atoms with Crippen LogP contribution in [-0.2, 0) is 0 Å². The SMILES string of the molecule is Cc1ccc(NC(=O)c2ccn(-c3ccc(F)cc3)n2)cc1C. The lowest BCUT2D eigenvalue weighted by molar-refractivity contribution is 0.102. The lowest BCUT2D eigenvalue weighted by Gasteiger charge is -2.06.